The lowest BCUT2D eigenvalue weighted by Crippen LogP contribution is -2.01. The fraction of sp³-hybridized carbons (Fsp3) is 0.192. The fourth-order valence-corrected chi connectivity index (χ4v) is 4.16. The number of hydrogen-bond acceptors (Lipinski definition) is 1. The van der Waals surface area contributed by atoms with Crippen LogP contribution < -0.4 is 0 Å². The maximum absolute atomic E-state index is 4.81. The summed E-state index contributed by atoms with van der Waals surface area (Å²) < 4.78 is 0. The highest BCUT2D eigenvalue weighted by molar-refractivity contribution is 5.71. The first-order chi connectivity index (χ1) is 13.1. The van der Waals surface area contributed by atoms with E-state index in [1.807, 2.05) is 0 Å². The van der Waals surface area contributed by atoms with Gasteiger partial charge in [0.15, 0.2) is 0 Å². The minimum Gasteiger partial charge on any atom is -0.260 e. The van der Waals surface area contributed by atoms with Gasteiger partial charge >= 0.3 is 0 Å². The Morgan fingerprint density at radius 3 is 2.30 bits per heavy atom. The molecule has 134 valence electrons. The second-order valence-electron chi connectivity index (χ2n) is 7.43. The molecule has 0 radical (unpaired) electrons. The third-order valence-corrected chi connectivity index (χ3v) is 5.36. The van der Waals surface area contributed by atoms with Crippen molar-refractivity contribution in [2.45, 2.75) is 33.1 Å². The second kappa shape index (κ2) is 7.36. The van der Waals surface area contributed by atoms with Crippen molar-refractivity contribution in [2.24, 2.45) is 4.99 Å². The highest BCUT2D eigenvalue weighted by Gasteiger charge is 2.20. The lowest BCUT2D eigenvalue weighted by atomic mass is 9.89. The van der Waals surface area contributed by atoms with Gasteiger partial charge < -0.3 is 0 Å². The summed E-state index contributed by atoms with van der Waals surface area (Å²) in [5.74, 6) is 0.341. The Bertz CT molecular complexity index is 1020. The Kier molecular flexibility index (Phi) is 4.77. The topological polar surface area (TPSA) is 12.4 Å². The maximum Gasteiger partial charge on any atom is 0.0684 e. The molecular formula is C26H25N. The highest BCUT2D eigenvalue weighted by atomic mass is 14.7. The Morgan fingerprint density at radius 1 is 0.852 bits per heavy atom. The van der Waals surface area contributed by atoms with Gasteiger partial charge in [0.05, 0.1) is 5.69 Å². The highest BCUT2D eigenvalue weighted by Crippen LogP contribution is 2.36. The summed E-state index contributed by atoms with van der Waals surface area (Å²) in [4.78, 5) is 4.81. The molecule has 0 saturated carbocycles. The molecule has 0 fully saturated rings. The summed E-state index contributed by atoms with van der Waals surface area (Å²) >= 11 is 0. The zero-order chi connectivity index (χ0) is 18.8. The number of nitrogens with zero attached hydrogens (tertiary/aromatic N) is 1. The molecule has 1 nitrogen and oxygen atoms in total. The molecule has 1 heteroatoms. The van der Waals surface area contributed by atoms with Crippen LogP contribution in [0.25, 0.3) is 6.08 Å². The molecule has 1 aliphatic carbocycles. The third kappa shape index (κ3) is 3.50. The van der Waals surface area contributed by atoms with Gasteiger partial charge in [-0.05, 0) is 54.2 Å². The van der Waals surface area contributed by atoms with Crippen molar-refractivity contribution in [2.75, 3.05) is 0 Å². The van der Waals surface area contributed by atoms with E-state index in [1.165, 1.54) is 38.9 Å². The predicted octanol–water partition coefficient (Wildman–Crippen LogP) is 6.72. The lowest BCUT2D eigenvalue weighted by molar-refractivity contribution is 1.02. The number of allylic oxidation sites excluding steroid dienone is 1. The molecule has 0 amide bonds. The molecule has 0 N–H and O–H groups in total. The second-order valence-corrected chi connectivity index (χ2v) is 7.43. The van der Waals surface area contributed by atoms with Gasteiger partial charge in [0.1, 0.15) is 0 Å². The maximum atomic E-state index is 4.81. The molecule has 0 aromatic heterocycles. The summed E-state index contributed by atoms with van der Waals surface area (Å²) in [7, 11) is 0. The van der Waals surface area contributed by atoms with Crippen molar-refractivity contribution in [3.05, 3.63) is 106 Å². The summed E-state index contributed by atoms with van der Waals surface area (Å²) in [6.07, 6.45) is 7.46. The molecule has 0 saturated heterocycles. The number of fused-ring (bicyclic) bond motifs is 1. The van der Waals surface area contributed by atoms with Gasteiger partial charge in [0.25, 0.3) is 0 Å². The van der Waals surface area contributed by atoms with Gasteiger partial charge in [0.2, 0.25) is 0 Å². The Labute approximate surface area is 162 Å². The first-order valence-electron chi connectivity index (χ1n) is 9.59. The van der Waals surface area contributed by atoms with E-state index in [0.29, 0.717) is 5.92 Å². The molecule has 0 aliphatic heterocycles. The zero-order valence-electron chi connectivity index (χ0n) is 16.2. The molecular weight excluding hydrogens is 326 g/mol. The summed E-state index contributed by atoms with van der Waals surface area (Å²) in [5, 5.41) is 0. The summed E-state index contributed by atoms with van der Waals surface area (Å²) in [6.45, 7) is 6.42. The van der Waals surface area contributed by atoms with Crippen LogP contribution in [0.1, 0.15) is 44.9 Å². The standard InChI is InChI=1S/C26H25N/c1-18-16-19(2)26(20(3)17-18)27-15-14-22-9-5-7-11-24(22)25-13-12-21-8-4-6-10-23(21)25/h4-13,15-17,25H,14H2,1-3H3. The molecule has 1 unspecified atom stereocenters. The van der Waals surface area contributed by atoms with E-state index >= 15 is 0 Å². The van der Waals surface area contributed by atoms with Crippen molar-refractivity contribution in [1.82, 2.24) is 0 Å². The third-order valence-electron chi connectivity index (χ3n) is 5.36. The first kappa shape index (κ1) is 17.5. The molecule has 1 aliphatic rings. The zero-order valence-corrected chi connectivity index (χ0v) is 16.2. The fourth-order valence-electron chi connectivity index (χ4n) is 4.16. The van der Waals surface area contributed by atoms with Crippen LogP contribution in [0, 0.1) is 20.8 Å². The number of aliphatic imine (C=N–C) groups is 1. The van der Waals surface area contributed by atoms with Crippen molar-refractivity contribution < 1.29 is 0 Å². The minimum atomic E-state index is 0.341. The lowest BCUT2D eigenvalue weighted by Gasteiger charge is -2.15. The van der Waals surface area contributed by atoms with Crippen LogP contribution in [0.15, 0.2) is 71.7 Å². The van der Waals surface area contributed by atoms with Crippen LogP contribution in [0.3, 0.4) is 0 Å². The van der Waals surface area contributed by atoms with Gasteiger partial charge in [-0.3, -0.25) is 4.99 Å². The van der Waals surface area contributed by atoms with E-state index in [0.717, 1.165) is 12.1 Å². The van der Waals surface area contributed by atoms with Gasteiger partial charge in [-0.15, -0.1) is 0 Å². The monoisotopic (exact) mass is 351 g/mol. The van der Waals surface area contributed by atoms with E-state index < -0.39 is 0 Å². The largest absolute Gasteiger partial charge is 0.260 e. The minimum absolute atomic E-state index is 0.341. The average Bonchev–Trinajstić information content (AvgIpc) is 3.08. The molecule has 3 aromatic rings. The normalized spacial score (nSPS) is 15.4. The molecule has 1 atom stereocenters. The van der Waals surface area contributed by atoms with Crippen molar-refractivity contribution in [3.8, 4) is 0 Å². The van der Waals surface area contributed by atoms with Gasteiger partial charge in [0, 0.05) is 18.6 Å². The molecule has 0 heterocycles. The average molecular weight is 351 g/mol. The van der Waals surface area contributed by atoms with E-state index in [-0.39, 0.29) is 0 Å². The molecule has 0 bridgehead atoms. The SMILES string of the molecule is Cc1cc(C)c(N=CCc2ccccc2C2C=Cc3ccccc32)c(C)c1. The molecule has 27 heavy (non-hydrogen) atoms. The van der Waals surface area contributed by atoms with Crippen molar-refractivity contribution >= 4 is 18.0 Å². The number of aryl methyl sites for hydroxylation is 3. The predicted molar refractivity (Wildman–Crippen MR) is 116 cm³/mol. The summed E-state index contributed by atoms with van der Waals surface area (Å²) in [6, 6.07) is 21.8. The van der Waals surface area contributed by atoms with Crippen LogP contribution in [0.4, 0.5) is 5.69 Å². The van der Waals surface area contributed by atoms with E-state index in [1.54, 1.807) is 0 Å². The van der Waals surface area contributed by atoms with E-state index in [9.17, 15) is 0 Å². The quantitative estimate of drug-likeness (QED) is 0.463. The van der Waals surface area contributed by atoms with Crippen LogP contribution in [0.5, 0.6) is 0 Å². The van der Waals surface area contributed by atoms with Crippen molar-refractivity contribution in [3.63, 3.8) is 0 Å². The Hall–Kier alpha value is -2.93. The number of benzene rings is 3. The van der Waals surface area contributed by atoms with Crippen LogP contribution in [0.2, 0.25) is 0 Å². The summed E-state index contributed by atoms with van der Waals surface area (Å²) in [5.41, 5.74) is 10.3. The van der Waals surface area contributed by atoms with Crippen LogP contribution >= 0.6 is 0 Å². The smallest absolute Gasteiger partial charge is 0.0684 e. The molecule has 4 rings (SSSR count). The van der Waals surface area contributed by atoms with Gasteiger partial charge in [-0.25, -0.2) is 0 Å². The number of rotatable bonds is 4. The first-order valence-corrected chi connectivity index (χ1v) is 9.59. The van der Waals surface area contributed by atoms with Gasteiger partial charge in [-0.2, -0.15) is 0 Å². The molecule has 0 spiro atoms. The van der Waals surface area contributed by atoms with Crippen molar-refractivity contribution in [1.29, 1.82) is 0 Å². The van der Waals surface area contributed by atoms with Gasteiger partial charge in [-0.1, -0.05) is 78.4 Å². The van der Waals surface area contributed by atoms with E-state index in [2.05, 4.69) is 99.8 Å². The Morgan fingerprint density at radius 2 is 1.52 bits per heavy atom. The van der Waals surface area contributed by atoms with E-state index in [4.69, 9.17) is 4.99 Å². The Balaban J connectivity index is 1.61. The number of hydrogen-bond donors (Lipinski definition) is 0. The van der Waals surface area contributed by atoms with Crippen LogP contribution in [-0.2, 0) is 6.42 Å². The van der Waals surface area contributed by atoms with Crippen LogP contribution in [-0.4, -0.2) is 6.21 Å². The molecule has 3 aromatic carbocycles.